The van der Waals surface area contributed by atoms with Crippen molar-refractivity contribution in [3.05, 3.63) is 48.4 Å². The first-order valence-corrected chi connectivity index (χ1v) is 8.39. The van der Waals surface area contributed by atoms with Gasteiger partial charge in [-0.3, -0.25) is 9.59 Å². The van der Waals surface area contributed by atoms with E-state index in [0.717, 1.165) is 0 Å². The molecule has 0 spiro atoms. The fourth-order valence-electron chi connectivity index (χ4n) is 2.28. The first-order chi connectivity index (χ1) is 12.1. The number of amides is 2. The quantitative estimate of drug-likeness (QED) is 0.656. The molecule has 0 unspecified atom stereocenters. The van der Waals surface area contributed by atoms with Gasteiger partial charge in [0, 0.05) is 5.39 Å². The Morgan fingerprint density at radius 1 is 1.24 bits per heavy atom. The van der Waals surface area contributed by atoms with Gasteiger partial charge < -0.3 is 19.8 Å². The summed E-state index contributed by atoms with van der Waals surface area (Å²) >= 11 is 1.25. The molecule has 0 aliphatic heterocycles. The van der Waals surface area contributed by atoms with Crippen LogP contribution in [0.3, 0.4) is 0 Å². The molecular weight excluding hydrogens is 344 g/mol. The number of aromatic nitrogens is 1. The number of nitrogens with two attached hydrogens (primary N) is 1. The topological polar surface area (TPSA) is 123 Å². The number of hydrogen-bond acceptors (Lipinski definition) is 6. The van der Waals surface area contributed by atoms with Crippen molar-refractivity contribution in [2.45, 2.75) is 5.88 Å². The third-order valence-corrected chi connectivity index (χ3v) is 4.28. The number of rotatable bonds is 6. The van der Waals surface area contributed by atoms with Gasteiger partial charge in [-0.2, -0.15) is 0 Å². The summed E-state index contributed by atoms with van der Waals surface area (Å²) in [6.07, 6.45) is 1.36. The summed E-state index contributed by atoms with van der Waals surface area (Å²) in [4.78, 5) is 22.8. The Balaban J connectivity index is 1.93. The first-order valence-electron chi connectivity index (χ1n) is 7.23. The maximum atomic E-state index is 11.9. The molecule has 3 aromatic rings. The molecule has 0 aliphatic carbocycles. The van der Waals surface area contributed by atoms with Crippen LogP contribution in [0.1, 0.15) is 10.6 Å². The molecule has 3 N–H and O–H groups in total. The van der Waals surface area contributed by atoms with Crippen molar-refractivity contribution in [1.29, 1.82) is 0 Å². The average molecular weight is 358 g/mol. The Labute approximate surface area is 146 Å². The second-order valence-electron chi connectivity index (χ2n) is 5.04. The summed E-state index contributed by atoms with van der Waals surface area (Å²) in [5.41, 5.74) is 6.01. The van der Waals surface area contributed by atoms with Crippen molar-refractivity contribution >= 4 is 40.2 Å². The maximum Gasteiger partial charge on any atom is 0.331 e. The Bertz CT molecular complexity index is 947. The maximum absolute atomic E-state index is 11.9. The molecular formula is C16H14N4O4S. The molecule has 0 aliphatic rings. The van der Waals surface area contributed by atoms with E-state index in [2.05, 4.69) is 10.2 Å². The van der Waals surface area contributed by atoms with Crippen LogP contribution < -0.4 is 5.73 Å². The molecule has 1 aromatic carbocycles. The predicted molar refractivity (Wildman–Crippen MR) is 92.8 cm³/mol. The summed E-state index contributed by atoms with van der Waals surface area (Å²) in [5, 5.41) is 18.6. The predicted octanol–water partition coefficient (Wildman–Crippen LogP) is 3.04. The summed E-state index contributed by atoms with van der Waals surface area (Å²) < 4.78 is 6.54. The van der Waals surface area contributed by atoms with E-state index < -0.39 is 11.8 Å². The second-order valence-corrected chi connectivity index (χ2v) is 6.00. The minimum absolute atomic E-state index is 0.0593. The number of carbonyl (C=O) groups excluding carboxylic acids is 2. The highest BCUT2D eigenvalue weighted by Crippen LogP contribution is 2.39. The van der Waals surface area contributed by atoms with E-state index in [4.69, 9.17) is 10.2 Å². The molecule has 0 atom stereocenters. The van der Waals surface area contributed by atoms with E-state index in [1.54, 1.807) is 28.8 Å². The van der Waals surface area contributed by atoms with Crippen LogP contribution in [0.15, 0.2) is 57.3 Å². The normalized spacial score (nSPS) is 11.4. The van der Waals surface area contributed by atoms with Crippen LogP contribution in [0, 0.1) is 0 Å². The van der Waals surface area contributed by atoms with Crippen LogP contribution in [0.2, 0.25) is 0 Å². The Hall–Kier alpha value is -3.07. The van der Waals surface area contributed by atoms with Crippen LogP contribution >= 0.6 is 11.8 Å². The zero-order valence-corrected chi connectivity index (χ0v) is 13.8. The molecule has 0 saturated carbocycles. The molecule has 128 valence electrons. The third-order valence-electron chi connectivity index (χ3n) is 3.35. The lowest BCUT2D eigenvalue weighted by atomic mass is 10.2. The summed E-state index contributed by atoms with van der Waals surface area (Å²) in [6, 6.07) is 10.2. The Morgan fingerprint density at radius 2 is 2.04 bits per heavy atom. The minimum atomic E-state index is -0.649. The van der Waals surface area contributed by atoms with Gasteiger partial charge in [0.1, 0.15) is 0 Å². The zero-order chi connectivity index (χ0) is 17.8. The van der Waals surface area contributed by atoms with Crippen molar-refractivity contribution in [3.8, 4) is 5.88 Å². The molecule has 0 saturated heterocycles. The van der Waals surface area contributed by atoms with Gasteiger partial charge in [0.2, 0.25) is 11.8 Å². The van der Waals surface area contributed by atoms with Crippen LogP contribution in [0.5, 0.6) is 5.88 Å². The number of para-hydroxylation sites is 1. The third kappa shape index (κ3) is 3.56. The second kappa shape index (κ2) is 7.22. The van der Waals surface area contributed by atoms with Crippen LogP contribution in [0.4, 0.5) is 5.69 Å². The largest absolute Gasteiger partial charge is 0.493 e. The van der Waals surface area contributed by atoms with Gasteiger partial charge in [-0.25, -0.2) is 0 Å². The van der Waals surface area contributed by atoms with Gasteiger partial charge in [-0.1, -0.05) is 18.2 Å². The fourth-order valence-corrected chi connectivity index (χ4v) is 3.02. The first kappa shape index (κ1) is 16.8. The van der Waals surface area contributed by atoms with E-state index in [9.17, 15) is 14.7 Å². The number of azo groups is 1. The van der Waals surface area contributed by atoms with Gasteiger partial charge in [0.25, 0.3) is 0 Å². The SMILES string of the molecule is NC(=O)CSCn1c(O)c(N=NC(=O)c2ccco2)c2ccccc21. The lowest BCUT2D eigenvalue weighted by Crippen LogP contribution is -2.13. The number of fused-ring (bicyclic) bond motifs is 1. The number of carbonyl (C=O) groups is 2. The van der Waals surface area contributed by atoms with Gasteiger partial charge in [-0.15, -0.1) is 22.0 Å². The highest BCUT2D eigenvalue weighted by atomic mass is 32.2. The van der Waals surface area contributed by atoms with E-state index in [-0.39, 0.29) is 23.1 Å². The highest BCUT2D eigenvalue weighted by Gasteiger charge is 2.17. The van der Waals surface area contributed by atoms with Crippen LogP contribution in [-0.2, 0) is 10.7 Å². The van der Waals surface area contributed by atoms with E-state index in [1.165, 1.54) is 24.1 Å². The van der Waals surface area contributed by atoms with Crippen LogP contribution in [-0.4, -0.2) is 27.2 Å². The summed E-state index contributed by atoms with van der Waals surface area (Å²) in [5.74, 6) is -0.746. The highest BCUT2D eigenvalue weighted by molar-refractivity contribution is 7.99. The number of hydrogen-bond donors (Lipinski definition) is 2. The van der Waals surface area contributed by atoms with Crippen molar-refractivity contribution in [2.24, 2.45) is 16.0 Å². The number of thioether (sulfide) groups is 1. The standard InChI is InChI=1S/C16H14N4O4S/c17-13(21)8-25-9-20-11-5-2-1-4-10(11)14(16(20)23)18-19-15(22)12-6-3-7-24-12/h1-7,23H,8-9H2,(H2,17,21). The molecule has 0 fully saturated rings. The molecule has 25 heavy (non-hydrogen) atoms. The molecule has 0 bridgehead atoms. The number of aromatic hydroxyl groups is 1. The summed E-state index contributed by atoms with van der Waals surface area (Å²) in [7, 11) is 0. The average Bonchev–Trinajstić information content (AvgIpc) is 3.21. The number of primary amides is 1. The molecule has 2 aromatic heterocycles. The lowest BCUT2D eigenvalue weighted by Gasteiger charge is -2.05. The van der Waals surface area contributed by atoms with Gasteiger partial charge in [0.15, 0.2) is 11.4 Å². The molecule has 0 radical (unpaired) electrons. The Morgan fingerprint density at radius 3 is 2.76 bits per heavy atom. The van der Waals surface area contributed by atoms with Gasteiger partial charge >= 0.3 is 5.91 Å². The van der Waals surface area contributed by atoms with Crippen molar-refractivity contribution in [2.75, 3.05) is 5.75 Å². The van der Waals surface area contributed by atoms with Crippen LogP contribution in [0.25, 0.3) is 10.9 Å². The summed E-state index contributed by atoms with van der Waals surface area (Å²) in [6.45, 7) is 0. The van der Waals surface area contributed by atoms with Crippen molar-refractivity contribution < 1.29 is 19.1 Å². The number of nitrogens with zero attached hydrogens (tertiary/aromatic N) is 3. The van der Waals surface area contributed by atoms with Crippen molar-refractivity contribution in [1.82, 2.24) is 4.57 Å². The van der Waals surface area contributed by atoms with Gasteiger partial charge in [-0.05, 0) is 18.2 Å². The lowest BCUT2D eigenvalue weighted by molar-refractivity contribution is -0.115. The fraction of sp³-hybridized carbons (Fsp3) is 0.125. The van der Waals surface area contributed by atoms with E-state index in [0.29, 0.717) is 16.8 Å². The minimum Gasteiger partial charge on any atom is -0.493 e. The number of benzene rings is 1. The van der Waals surface area contributed by atoms with Crippen molar-refractivity contribution in [3.63, 3.8) is 0 Å². The Kier molecular flexibility index (Phi) is 4.85. The smallest absolute Gasteiger partial charge is 0.331 e. The molecule has 2 amide bonds. The monoisotopic (exact) mass is 358 g/mol. The zero-order valence-electron chi connectivity index (χ0n) is 13.0. The molecule has 8 nitrogen and oxygen atoms in total. The van der Waals surface area contributed by atoms with E-state index in [1.807, 2.05) is 6.07 Å². The van der Waals surface area contributed by atoms with E-state index >= 15 is 0 Å². The number of furan rings is 1. The molecule has 2 heterocycles. The molecule has 3 rings (SSSR count). The van der Waals surface area contributed by atoms with Gasteiger partial charge in [0.05, 0.1) is 23.4 Å². The molecule has 9 heteroatoms.